The van der Waals surface area contributed by atoms with Gasteiger partial charge in [0.2, 0.25) is 11.8 Å². The standard InChI is InChI=1S/C21H27ClN2O4/c1-5-28-21(27)20-14(4)24(12-18(25)23-11-13(2)3)19(26)10-17(20)15-6-8-16(22)9-7-15/h6-9,13,17H,5,10-12H2,1-4H3,(H,23,25)/t17-/m1/s1. The average Bonchev–Trinajstić information content (AvgIpc) is 2.63. The summed E-state index contributed by atoms with van der Waals surface area (Å²) in [6.45, 7) is 8.04. The maximum Gasteiger partial charge on any atom is 0.336 e. The molecule has 1 aromatic carbocycles. The number of esters is 1. The monoisotopic (exact) mass is 406 g/mol. The van der Waals surface area contributed by atoms with E-state index in [1.54, 1.807) is 38.1 Å². The van der Waals surface area contributed by atoms with Gasteiger partial charge in [0.25, 0.3) is 0 Å². The largest absolute Gasteiger partial charge is 0.463 e. The number of amides is 2. The Morgan fingerprint density at radius 2 is 1.93 bits per heavy atom. The summed E-state index contributed by atoms with van der Waals surface area (Å²) in [5.74, 6) is -1.05. The summed E-state index contributed by atoms with van der Waals surface area (Å²) < 4.78 is 5.23. The van der Waals surface area contributed by atoms with Crippen molar-refractivity contribution in [3.8, 4) is 0 Å². The lowest BCUT2D eigenvalue weighted by molar-refractivity contribution is -0.141. The number of ether oxygens (including phenoxy) is 1. The molecule has 6 nitrogen and oxygen atoms in total. The minimum absolute atomic E-state index is 0.0879. The van der Waals surface area contributed by atoms with Crippen molar-refractivity contribution >= 4 is 29.4 Å². The van der Waals surface area contributed by atoms with E-state index in [2.05, 4.69) is 5.32 Å². The second kappa shape index (κ2) is 9.73. The highest BCUT2D eigenvalue weighted by Gasteiger charge is 2.37. The molecule has 0 fully saturated rings. The highest BCUT2D eigenvalue weighted by Crippen LogP contribution is 2.37. The lowest BCUT2D eigenvalue weighted by atomic mass is 9.83. The molecule has 0 unspecified atom stereocenters. The molecule has 0 spiro atoms. The molecule has 1 aromatic rings. The fourth-order valence-electron chi connectivity index (χ4n) is 3.17. The quantitative estimate of drug-likeness (QED) is 0.705. The summed E-state index contributed by atoms with van der Waals surface area (Å²) >= 11 is 5.97. The van der Waals surface area contributed by atoms with E-state index in [1.807, 2.05) is 13.8 Å². The van der Waals surface area contributed by atoms with Gasteiger partial charge in [0, 0.05) is 29.6 Å². The minimum atomic E-state index is -0.472. The van der Waals surface area contributed by atoms with Crippen LogP contribution < -0.4 is 5.32 Å². The highest BCUT2D eigenvalue weighted by atomic mass is 35.5. The molecule has 1 N–H and O–H groups in total. The number of hydrogen-bond donors (Lipinski definition) is 1. The summed E-state index contributed by atoms with van der Waals surface area (Å²) in [4.78, 5) is 39.1. The van der Waals surface area contributed by atoms with Gasteiger partial charge in [-0.25, -0.2) is 4.79 Å². The topological polar surface area (TPSA) is 75.7 Å². The number of carbonyl (C=O) groups is 3. The third-order valence-electron chi connectivity index (χ3n) is 4.60. The second-order valence-corrected chi connectivity index (χ2v) is 7.64. The Hall–Kier alpha value is -2.34. The molecule has 0 radical (unpaired) electrons. The van der Waals surface area contributed by atoms with Crippen molar-refractivity contribution in [2.75, 3.05) is 19.7 Å². The van der Waals surface area contributed by atoms with E-state index in [9.17, 15) is 14.4 Å². The van der Waals surface area contributed by atoms with Crippen molar-refractivity contribution < 1.29 is 19.1 Å². The predicted molar refractivity (Wildman–Crippen MR) is 108 cm³/mol. The van der Waals surface area contributed by atoms with E-state index in [0.717, 1.165) is 5.56 Å². The normalized spacial score (nSPS) is 17.1. The third kappa shape index (κ3) is 5.35. The molecule has 1 atom stereocenters. The first-order chi connectivity index (χ1) is 13.2. The molecule has 2 rings (SSSR count). The lowest BCUT2D eigenvalue weighted by Crippen LogP contribution is -2.44. The first-order valence-corrected chi connectivity index (χ1v) is 9.82. The van der Waals surface area contributed by atoms with Crippen LogP contribution in [0.25, 0.3) is 0 Å². The summed E-state index contributed by atoms with van der Waals surface area (Å²) in [6.07, 6.45) is 0.0879. The van der Waals surface area contributed by atoms with Crippen molar-refractivity contribution in [3.63, 3.8) is 0 Å². The van der Waals surface area contributed by atoms with Crippen LogP contribution in [0, 0.1) is 5.92 Å². The fraction of sp³-hybridized carbons (Fsp3) is 0.476. The van der Waals surface area contributed by atoms with Crippen LogP contribution >= 0.6 is 11.6 Å². The second-order valence-electron chi connectivity index (χ2n) is 7.21. The van der Waals surface area contributed by atoms with Crippen LogP contribution in [0.3, 0.4) is 0 Å². The molecule has 1 aliphatic heterocycles. The van der Waals surface area contributed by atoms with Gasteiger partial charge >= 0.3 is 5.97 Å². The number of halogens is 1. The van der Waals surface area contributed by atoms with Crippen LogP contribution in [0.4, 0.5) is 0 Å². The number of nitrogens with zero attached hydrogens (tertiary/aromatic N) is 1. The van der Waals surface area contributed by atoms with E-state index in [1.165, 1.54) is 4.90 Å². The van der Waals surface area contributed by atoms with Gasteiger partial charge in [0.1, 0.15) is 6.54 Å². The van der Waals surface area contributed by atoms with E-state index < -0.39 is 11.9 Å². The first-order valence-electron chi connectivity index (χ1n) is 9.45. The van der Waals surface area contributed by atoms with Crippen molar-refractivity contribution in [2.24, 2.45) is 5.92 Å². The Labute approximate surface area is 170 Å². The SMILES string of the molecule is CCOC(=O)C1=C(C)N(CC(=O)NCC(C)C)C(=O)C[C@@H]1c1ccc(Cl)cc1. The molecule has 2 amide bonds. The zero-order valence-electron chi connectivity index (χ0n) is 16.8. The maximum atomic E-state index is 12.8. The van der Waals surface area contributed by atoms with E-state index in [0.29, 0.717) is 28.8 Å². The molecule has 0 aliphatic carbocycles. The van der Waals surface area contributed by atoms with Crippen LogP contribution in [0.15, 0.2) is 35.5 Å². The smallest absolute Gasteiger partial charge is 0.336 e. The summed E-state index contributed by atoms with van der Waals surface area (Å²) in [5, 5.41) is 3.38. The maximum absolute atomic E-state index is 12.8. The van der Waals surface area contributed by atoms with Crippen LogP contribution in [-0.4, -0.2) is 42.4 Å². The number of allylic oxidation sites excluding steroid dienone is 1. The van der Waals surface area contributed by atoms with Gasteiger partial charge in [0.05, 0.1) is 12.2 Å². The molecule has 1 aliphatic rings. The van der Waals surface area contributed by atoms with E-state index in [-0.39, 0.29) is 31.4 Å². The Morgan fingerprint density at radius 1 is 1.29 bits per heavy atom. The van der Waals surface area contributed by atoms with Crippen LogP contribution in [0.5, 0.6) is 0 Å². The number of carbonyl (C=O) groups excluding carboxylic acids is 3. The number of rotatable bonds is 7. The lowest BCUT2D eigenvalue weighted by Gasteiger charge is -2.34. The average molecular weight is 407 g/mol. The highest BCUT2D eigenvalue weighted by molar-refractivity contribution is 6.30. The Kier molecular flexibility index (Phi) is 7.63. The zero-order valence-corrected chi connectivity index (χ0v) is 17.5. The third-order valence-corrected chi connectivity index (χ3v) is 4.85. The summed E-state index contributed by atoms with van der Waals surface area (Å²) in [6, 6.07) is 7.06. The van der Waals surface area contributed by atoms with Crippen LogP contribution in [-0.2, 0) is 19.1 Å². The van der Waals surface area contributed by atoms with Crippen LogP contribution in [0.2, 0.25) is 5.02 Å². The fourth-order valence-corrected chi connectivity index (χ4v) is 3.30. The van der Waals surface area contributed by atoms with Gasteiger partial charge in [-0.2, -0.15) is 0 Å². The Balaban J connectivity index is 2.36. The first kappa shape index (κ1) is 22.0. The molecular formula is C21H27ClN2O4. The van der Waals surface area contributed by atoms with E-state index in [4.69, 9.17) is 16.3 Å². The number of nitrogens with one attached hydrogen (secondary N) is 1. The minimum Gasteiger partial charge on any atom is -0.463 e. The number of benzene rings is 1. The summed E-state index contributed by atoms with van der Waals surface area (Å²) in [5.41, 5.74) is 1.67. The van der Waals surface area contributed by atoms with Gasteiger partial charge in [-0.1, -0.05) is 37.6 Å². The molecule has 152 valence electrons. The molecular weight excluding hydrogens is 380 g/mol. The molecule has 1 heterocycles. The molecule has 7 heteroatoms. The summed E-state index contributed by atoms with van der Waals surface area (Å²) in [7, 11) is 0. The van der Waals surface area contributed by atoms with Gasteiger partial charge in [-0.15, -0.1) is 0 Å². The van der Waals surface area contributed by atoms with Crippen molar-refractivity contribution in [2.45, 2.75) is 40.0 Å². The van der Waals surface area contributed by atoms with Crippen LogP contribution in [0.1, 0.15) is 45.6 Å². The Bertz CT molecular complexity index is 771. The molecule has 28 heavy (non-hydrogen) atoms. The van der Waals surface area contributed by atoms with Gasteiger partial charge < -0.3 is 15.0 Å². The molecule has 0 saturated carbocycles. The zero-order chi connectivity index (χ0) is 20.8. The van der Waals surface area contributed by atoms with Gasteiger partial charge in [-0.3, -0.25) is 9.59 Å². The Morgan fingerprint density at radius 3 is 2.50 bits per heavy atom. The molecule has 0 saturated heterocycles. The number of hydrogen-bond acceptors (Lipinski definition) is 4. The van der Waals surface area contributed by atoms with E-state index >= 15 is 0 Å². The van der Waals surface area contributed by atoms with Crippen molar-refractivity contribution in [3.05, 3.63) is 46.1 Å². The van der Waals surface area contributed by atoms with Crippen molar-refractivity contribution in [1.82, 2.24) is 10.2 Å². The van der Waals surface area contributed by atoms with Gasteiger partial charge in [0.15, 0.2) is 0 Å². The van der Waals surface area contributed by atoms with Crippen molar-refractivity contribution in [1.29, 1.82) is 0 Å². The predicted octanol–water partition coefficient (Wildman–Crippen LogP) is 3.27. The van der Waals surface area contributed by atoms with Gasteiger partial charge in [-0.05, 0) is 37.5 Å². The molecule has 0 bridgehead atoms. The molecule has 0 aromatic heterocycles.